The number of aliphatic hydroxyl groups excluding tert-OH is 1. The average Bonchev–Trinajstić information content (AvgIpc) is 2.68. The Labute approximate surface area is 113 Å². The van der Waals surface area contributed by atoms with Gasteiger partial charge in [-0.2, -0.15) is 0 Å². The smallest absolute Gasteiger partial charge is 0.410 e. The number of ether oxygens (including phenoxy) is 1. The van der Waals surface area contributed by atoms with Gasteiger partial charge in [0.2, 0.25) is 0 Å². The third-order valence-electron chi connectivity index (χ3n) is 3.14. The van der Waals surface area contributed by atoms with E-state index < -0.39 is 11.7 Å². The van der Waals surface area contributed by atoms with Gasteiger partial charge in [-0.15, -0.1) is 0 Å². The first-order valence-corrected chi connectivity index (χ1v) is 6.44. The largest absolute Gasteiger partial charge is 0.444 e. The Hall–Kier alpha value is -1.56. The summed E-state index contributed by atoms with van der Waals surface area (Å²) in [5.74, 6) is 0. The van der Waals surface area contributed by atoms with Gasteiger partial charge >= 0.3 is 6.09 Å². The minimum Gasteiger partial charge on any atom is -0.444 e. The normalized spacial score (nSPS) is 19.2. The molecule has 1 aliphatic rings. The highest BCUT2D eigenvalue weighted by molar-refractivity contribution is 5.69. The third kappa shape index (κ3) is 2.73. The topological polar surface area (TPSA) is 67.6 Å². The van der Waals surface area contributed by atoms with Gasteiger partial charge < -0.3 is 14.4 Å². The van der Waals surface area contributed by atoms with Crippen molar-refractivity contribution < 1.29 is 14.6 Å². The first kappa shape index (κ1) is 13.9. The van der Waals surface area contributed by atoms with Gasteiger partial charge in [0.1, 0.15) is 11.6 Å². The van der Waals surface area contributed by atoms with Crippen molar-refractivity contribution in [2.45, 2.75) is 38.8 Å². The first-order chi connectivity index (χ1) is 8.83. The van der Waals surface area contributed by atoms with E-state index in [1.807, 2.05) is 32.4 Å². The van der Waals surface area contributed by atoms with Gasteiger partial charge in [-0.1, -0.05) is 0 Å². The van der Waals surface area contributed by atoms with Gasteiger partial charge in [-0.25, -0.2) is 9.78 Å². The van der Waals surface area contributed by atoms with Gasteiger partial charge in [-0.05, 0) is 20.8 Å². The van der Waals surface area contributed by atoms with Crippen LogP contribution in [0.2, 0.25) is 0 Å². The van der Waals surface area contributed by atoms with Crippen LogP contribution in [0.15, 0.2) is 6.33 Å². The molecule has 0 spiro atoms. The highest BCUT2D eigenvalue weighted by Gasteiger charge is 2.35. The molecule has 0 saturated carbocycles. The number of aliphatic hydroxyl groups is 1. The minimum absolute atomic E-state index is 0.133. The molecule has 6 heteroatoms. The molecule has 106 valence electrons. The Morgan fingerprint density at radius 3 is 2.84 bits per heavy atom. The average molecular weight is 267 g/mol. The van der Waals surface area contributed by atoms with Crippen molar-refractivity contribution >= 4 is 6.09 Å². The molecule has 19 heavy (non-hydrogen) atoms. The molecule has 0 fully saturated rings. The van der Waals surface area contributed by atoms with E-state index in [0.29, 0.717) is 13.0 Å². The molecule has 0 aromatic carbocycles. The fourth-order valence-corrected chi connectivity index (χ4v) is 2.36. The Kier molecular flexibility index (Phi) is 3.54. The van der Waals surface area contributed by atoms with E-state index in [4.69, 9.17) is 4.74 Å². The van der Waals surface area contributed by atoms with Gasteiger partial charge in [0.15, 0.2) is 0 Å². The fraction of sp³-hybridized carbons (Fsp3) is 0.692. The van der Waals surface area contributed by atoms with Crippen molar-refractivity contribution in [1.82, 2.24) is 14.5 Å². The van der Waals surface area contributed by atoms with Crippen molar-refractivity contribution in [2.24, 2.45) is 7.05 Å². The van der Waals surface area contributed by atoms with E-state index in [1.165, 1.54) is 0 Å². The number of aryl methyl sites for hydroxylation is 1. The van der Waals surface area contributed by atoms with E-state index in [-0.39, 0.29) is 12.6 Å². The fourth-order valence-electron chi connectivity index (χ4n) is 2.36. The van der Waals surface area contributed by atoms with Gasteiger partial charge in [0, 0.05) is 20.0 Å². The predicted octanol–water partition coefficient (Wildman–Crippen LogP) is 1.25. The number of aromatic nitrogens is 2. The van der Waals surface area contributed by atoms with Crippen molar-refractivity contribution in [3.05, 3.63) is 17.7 Å². The Bertz CT molecular complexity index is 476. The SMILES string of the molecule is Cn1cnc2c1C(CO)N(C(=O)OC(C)(C)C)CC2. The van der Waals surface area contributed by atoms with Crippen LogP contribution >= 0.6 is 0 Å². The summed E-state index contributed by atoms with van der Waals surface area (Å²) in [5.41, 5.74) is 1.30. The zero-order chi connectivity index (χ0) is 14.2. The van der Waals surface area contributed by atoms with Crippen LogP contribution in [0.1, 0.15) is 38.2 Å². The summed E-state index contributed by atoms with van der Waals surface area (Å²) in [5, 5.41) is 9.61. The van der Waals surface area contributed by atoms with Crippen LogP contribution in [-0.4, -0.2) is 44.4 Å². The maximum atomic E-state index is 12.2. The molecule has 2 rings (SSSR count). The molecule has 1 N–H and O–H groups in total. The summed E-state index contributed by atoms with van der Waals surface area (Å²) in [7, 11) is 1.87. The molecule has 1 atom stereocenters. The standard InChI is InChI=1S/C13H21N3O3/c1-13(2,3)19-12(18)16-6-5-9-11(10(16)7-17)15(4)8-14-9/h8,10,17H,5-7H2,1-4H3. The van der Waals surface area contributed by atoms with E-state index in [1.54, 1.807) is 11.2 Å². The van der Waals surface area contributed by atoms with Gasteiger partial charge in [0.25, 0.3) is 0 Å². The molecule has 2 heterocycles. The number of hydrogen-bond donors (Lipinski definition) is 1. The molecule has 1 unspecified atom stereocenters. The summed E-state index contributed by atoms with van der Waals surface area (Å²) >= 11 is 0. The van der Waals surface area contributed by atoms with Crippen molar-refractivity contribution in [3.8, 4) is 0 Å². The number of rotatable bonds is 1. The lowest BCUT2D eigenvalue weighted by Gasteiger charge is -2.35. The molecule has 0 saturated heterocycles. The number of imidazole rings is 1. The van der Waals surface area contributed by atoms with Crippen LogP contribution in [0.25, 0.3) is 0 Å². The zero-order valence-electron chi connectivity index (χ0n) is 11.9. The molecule has 1 aromatic heterocycles. The predicted molar refractivity (Wildman–Crippen MR) is 69.7 cm³/mol. The molecule has 0 aliphatic carbocycles. The summed E-state index contributed by atoms with van der Waals surface area (Å²) in [4.78, 5) is 18.1. The van der Waals surface area contributed by atoms with E-state index in [9.17, 15) is 9.90 Å². The summed E-state index contributed by atoms with van der Waals surface area (Å²) in [6.07, 6.45) is 2.01. The van der Waals surface area contributed by atoms with Crippen LogP contribution in [0.5, 0.6) is 0 Å². The molecule has 0 radical (unpaired) electrons. The van der Waals surface area contributed by atoms with Crippen LogP contribution < -0.4 is 0 Å². The van der Waals surface area contributed by atoms with Gasteiger partial charge in [-0.3, -0.25) is 4.90 Å². The summed E-state index contributed by atoms with van der Waals surface area (Å²) in [6, 6.07) is -0.383. The van der Waals surface area contributed by atoms with Crippen LogP contribution in [-0.2, 0) is 18.2 Å². The number of carbonyl (C=O) groups excluding carboxylic acids is 1. The first-order valence-electron chi connectivity index (χ1n) is 6.44. The lowest BCUT2D eigenvalue weighted by Crippen LogP contribution is -2.44. The highest BCUT2D eigenvalue weighted by atomic mass is 16.6. The van der Waals surface area contributed by atoms with Gasteiger partial charge in [0.05, 0.1) is 24.3 Å². The molecular weight excluding hydrogens is 246 g/mol. The van der Waals surface area contributed by atoms with E-state index in [2.05, 4.69) is 4.98 Å². The monoisotopic (exact) mass is 267 g/mol. The highest BCUT2D eigenvalue weighted by Crippen LogP contribution is 2.29. The Morgan fingerprint density at radius 1 is 1.58 bits per heavy atom. The number of nitrogens with zero attached hydrogens (tertiary/aromatic N) is 3. The van der Waals surface area contributed by atoms with Crippen LogP contribution in [0.3, 0.4) is 0 Å². The second-order valence-electron chi connectivity index (χ2n) is 5.81. The Morgan fingerprint density at radius 2 is 2.26 bits per heavy atom. The van der Waals surface area contributed by atoms with Crippen LogP contribution in [0.4, 0.5) is 4.79 Å². The van der Waals surface area contributed by atoms with Crippen molar-refractivity contribution in [1.29, 1.82) is 0 Å². The second kappa shape index (κ2) is 4.85. The number of amides is 1. The maximum absolute atomic E-state index is 12.2. The Balaban J connectivity index is 2.24. The number of fused-ring (bicyclic) bond motifs is 1. The quantitative estimate of drug-likeness (QED) is 0.831. The molecule has 0 bridgehead atoms. The van der Waals surface area contributed by atoms with Crippen molar-refractivity contribution in [2.75, 3.05) is 13.2 Å². The molecule has 1 aromatic rings. The van der Waals surface area contributed by atoms with Crippen molar-refractivity contribution in [3.63, 3.8) is 0 Å². The number of carbonyl (C=O) groups is 1. The molecular formula is C13H21N3O3. The second-order valence-corrected chi connectivity index (χ2v) is 5.81. The lowest BCUT2D eigenvalue weighted by molar-refractivity contribution is 0.00581. The molecule has 1 aliphatic heterocycles. The third-order valence-corrected chi connectivity index (χ3v) is 3.14. The summed E-state index contributed by atoms with van der Waals surface area (Å²) < 4.78 is 7.24. The zero-order valence-corrected chi connectivity index (χ0v) is 11.9. The van der Waals surface area contributed by atoms with E-state index >= 15 is 0 Å². The van der Waals surface area contributed by atoms with Crippen LogP contribution in [0, 0.1) is 0 Å². The lowest BCUT2D eigenvalue weighted by atomic mass is 10.0. The maximum Gasteiger partial charge on any atom is 0.410 e. The van der Waals surface area contributed by atoms with E-state index in [0.717, 1.165) is 11.4 Å². The molecule has 6 nitrogen and oxygen atoms in total. The molecule has 1 amide bonds. The summed E-state index contributed by atoms with van der Waals surface area (Å²) in [6.45, 7) is 5.88. The minimum atomic E-state index is -0.538. The number of hydrogen-bond acceptors (Lipinski definition) is 4.